The number of aromatic hydroxyl groups is 1. The maximum atomic E-state index is 14.2. The molecule has 2 atom stereocenters. The Balaban J connectivity index is 1.73. The number of halogens is 4. The number of nitrogens with one attached hydrogen (secondary N) is 1. The number of rotatable bonds is 4. The smallest absolute Gasteiger partial charge is 0.274 e. The predicted octanol–water partition coefficient (Wildman–Crippen LogP) is 2.88. The molecular formula is C21H20ClF3N4O4. The Morgan fingerprint density at radius 1 is 1.36 bits per heavy atom. The molecule has 2 aromatic rings. The minimum absolute atomic E-state index is 0.0326. The van der Waals surface area contributed by atoms with E-state index >= 15 is 0 Å². The molecule has 0 unspecified atom stereocenters. The lowest BCUT2D eigenvalue weighted by molar-refractivity contribution is -0.0756. The normalized spacial score (nSPS) is 21.4. The number of amides is 2. The molecule has 2 amide bonds. The molecule has 1 saturated carbocycles. The van der Waals surface area contributed by atoms with Crippen molar-refractivity contribution in [2.24, 2.45) is 0 Å². The van der Waals surface area contributed by atoms with Crippen molar-refractivity contribution in [2.45, 2.75) is 50.7 Å². The number of aromatic nitrogens is 2. The first kappa shape index (κ1) is 23.1. The number of pyridine rings is 2. The van der Waals surface area contributed by atoms with Crippen molar-refractivity contribution in [1.82, 2.24) is 19.8 Å². The minimum atomic E-state index is -3.00. The van der Waals surface area contributed by atoms with E-state index in [0.29, 0.717) is 0 Å². The summed E-state index contributed by atoms with van der Waals surface area (Å²) in [6, 6.07) is -0.285. The summed E-state index contributed by atoms with van der Waals surface area (Å²) >= 11 is 5.69. The van der Waals surface area contributed by atoms with Crippen molar-refractivity contribution in [3.05, 3.63) is 56.5 Å². The van der Waals surface area contributed by atoms with E-state index in [2.05, 4.69) is 10.3 Å². The minimum Gasteiger partial charge on any atom is -0.503 e. The summed E-state index contributed by atoms with van der Waals surface area (Å²) in [5.74, 6) is -6.51. The van der Waals surface area contributed by atoms with Crippen LogP contribution in [0.15, 0.2) is 23.3 Å². The first-order chi connectivity index (χ1) is 15.6. The number of hydrogen-bond acceptors (Lipinski definition) is 5. The van der Waals surface area contributed by atoms with E-state index in [9.17, 15) is 32.7 Å². The SMILES string of the molecule is CCN1C(=O)c2c(O)c(=O)c(C(=O)NCc3nccc(Cl)c3F)cn2[C@H]2CC(F)(F)CC[C@H]21. The average molecular weight is 485 g/mol. The van der Waals surface area contributed by atoms with Crippen LogP contribution in [0.25, 0.3) is 0 Å². The summed E-state index contributed by atoms with van der Waals surface area (Å²) in [4.78, 5) is 43.5. The van der Waals surface area contributed by atoms with Gasteiger partial charge in [-0.05, 0) is 19.4 Å². The van der Waals surface area contributed by atoms with Gasteiger partial charge in [-0.3, -0.25) is 19.4 Å². The zero-order valence-corrected chi connectivity index (χ0v) is 18.2. The molecule has 1 aliphatic heterocycles. The molecule has 0 spiro atoms. The van der Waals surface area contributed by atoms with Crippen molar-refractivity contribution < 1.29 is 27.9 Å². The van der Waals surface area contributed by atoms with Gasteiger partial charge in [0.25, 0.3) is 11.8 Å². The molecule has 0 bridgehead atoms. The molecule has 2 aliphatic rings. The Bertz CT molecular complexity index is 1200. The van der Waals surface area contributed by atoms with Gasteiger partial charge in [0.05, 0.1) is 29.3 Å². The highest BCUT2D eigenvalue weighted by Crippen LogP contribution is 2.45. The van der Waals surface area contributed by atoms with Crippen molar-refractivity contribution >= 4 is 23.4 Å². The maximum absolute atomic E-state index is 14.2. The second-order valence-corrected chi connectivity index (χ2v) is 8.44. The monoisotopic (exact) mass is 484 g/mol. The summed E-state index contributed by atoms with van der Waals surface area (Å²) in [6.07, 6.45) is 1.27. The highest BCUT2D eigenvalue weighted by Gasteiger charge is 2.49. The van der Waals surface area contributed by atoms with Gasteiger partial charge in [-0.15, -0.1) is 0 Å². The van der Waals surface area contributed by atoms with Gasteiger partial charge in [-0.2, -0.15) is 0 Å². The second-order valence-electron chi connectivity index (χ2n) is 8.04. The predicted molar refractivity (Wildman–Crippen MR) is 111 cm³/mol. The standard InChI is InChI=1S/C21H20ClF3N4O4/c1-2-28-13-3-5-21(24,25)7-14(13)29-9-10(17(30)18(31)16(29)20(28)33)19(32)27-8-12-15(23)11(22)4-6-26-12/h4,6,9,13-14,31H,2-3,5,7-8H2,1H3,(H,27,32)/t13-,14+/m1/s1. The molecule has 176 valence electrons. The fourth-order valence-corrected chi connectivity index (χ4v) is 4.67. The molecule has 4 rings (SSSR count). The molecule has 2 N–H and O–H groups in total. The molecular weight excluding hydrogens is 465 g/mol. The van der Waals surface area contributed by atoms with Crippen molar-refractivity contribution in [2.75, 3.05) is 6.54 Å². The molecule has 1 fully saturated rings. The van der Waals surface area contributed by atoms with Crippen LogP contribution in [0.4, 0.5) is 13.2 Å². The van der Waals surface area contributed by atoms with Gasteiger partial charge < -0.3 is 19.9 Å². The zero-order valence-electron chi connectivity index (χ0n) is 17.4. The van der Waals surface area contributed by atoms with Gasteiger partial charge in [0.2, 0.25) is 11.4 Å². The number of alkyl halides is 2. The van der Waals surface area contributed by atoms with Crippen molar-refractivity contribution in [3.8, 4) is 5.75 Å². The molecule has 0 saturated heterocycles. The summed E-state index contributed by atoms with van der Waals surface area (Å²) in [5, 5.41) is 12.6. The summed E-state index contributed by atoms with van der Waals surface area (Å²) in [6.45, 7) is 1.47. The Kier molecular flexibility index (Phi) is 5.85. The topological polar surface area (TPSA) is 105 Å². The van der Waals surface area contributed by atoms with Crippen LogP contribution in [-0.2, 0) is 6.54 Å². The Morgan fingerprint density at radius 2 is 2.09 bits per heavy atom. The lowest BCUT2D eigenvalue weighted by Gasteiger charge is -2.47. The Labute approximate surface area is 191 Å². The third-order valence-corrected chi connectivity index (χ3v) is 6.40. The molecule has 1 aliphatic carbocycles. The van der Waals surface area contributed by atoms with E-state index in [-0.39, 0.29) is 23.7 Å². The van der Waals surface area contributed by atoms with Crippen LogP contribution in [0.2, 0.25) is 5.02 Å². The van der Waals surface area contributed by atoms with E-state index < -0.39 is 77.5 Å². The van der Waals surface area contributed by atoms with Crippen LogP contribution < -0.4 is 10.7 Å². The fourth-order valence-electron chi connectivity index (χ4n) is 4.51. The lowest BCUT2D eigenvalue weighted by atomic mass is 9.84. The average Bonchev–Trinajstić information content (AvgIpc) is 2.76. The van der Waals surface area contributed by atoms with Gasteiger partial charge in [-0.1, -0.05) is 11.6 Å². The third-order valence-electron chi connectivity index (χ3n) is 6.11. The van der Waals surface area contributed by atoms with Gasteiger partial charge in [0, 0.05) is 31.8 Å². The number of carbonyl (C=O) groups is 2. The largest absolute Gasteiger partial charge is 0.503 e. The van der Waals surface area contributed by atoms with Crippen molar-refractivity contribution in [3.63, 3.8) is 0 Å². The number of carbonyl (C=O) groups excluding carboxylic acids is 2. The van der Waals surface area contributed by atoms with Crippen LogP contribution in [0.3, 0.4) is 0 Å². The molecule has 12 heteroatoms. The summed E-state index contributed by atoms with van der Waals surface area (Å²) in [5.41, 5.74) is -2.31. The lowest BCUT2D eigenvalue weighted by Crippen LogP contribution is -2.55. The van der Waals surface area contributed by atoms with E-state index in [4.69, 9.17) is 11.6 Å². The highest BCUT2D eigenvalue weighted by molar-refractivity contribution is 6.30. The van der Waals surface area contributed by atoms with E-state index in [1.54, 1.807) is 6.92 Å². The quantitative estimate of drug-likeness (QED) is 0.694. The van der Waals surface area contributed by atoms with Gasteiger partial charge in [0.15, 0.2) is 17.3 Å². The number of likely N-dealkylation sites (N-methyl/N-ethyl adjacent to an activating group) is 1. The zero-order chi connectivity index (χ0) is 24.1. The molecule has 33 heavy (non-hydrogen) atoms. The van der Waals surface area contributed by atoms with E-state index in [1.807, 2.05) is 0 Å². The fraction of sp³-hybridized carbons (Fsp3) is 0.429. The van der Waals surface area contributed by atoms with Gasteiger partial charge in [-0.25, -0.2) is 13.2 Å². The maximum Gasteiger partial charge on any atom is 0.274 e. The van der Waals surface area contributed by atoms with Crippen LogP contribution in [-0.4, -0.2) is 49.9 Å². The van der Waals surface area contributed by atoms with Crippen LogP contribution in [0.1, 0.15) is 58.8 Å². The van der Waals surface area contributed by atoms with E-state index in [1.165, 1.54) is 17.2 Å². The number of hydrogen-bond donors (Lipinski definition) is 2. The Hall–Kier alpha value is -3.08. The van der Waals surface area contributed by atoms with Gasteiger partial charge >= 0.3 is 0 Å². The molecule has 2 aromatic heterocycles. The molecule has 0 radical (unpaired) electrons. The van der Waals surface area contributed by atoms with E-state index in [0.717, 1.165) is 10.8 Å². The molecule has 8 nitrogen and oxygen atoms in total. The highest BCUT2D eigenvalue weighted by atomic mass is 35.5. The third kappa shape index (κ3) is 3.94. The first-order valence-corrected chi connectivity index (χ1v) is 10.7. The van der Waals surface area contributed by atoms with Crippen LogP contribution in [0.5, 0.6) is 5.75 Å². The molecule has 0 aromatic carbocycles. The van der Waals surface area contributed by atoms with Crippen molar-refractivity contribution in [1.29, 1.82) is 0 Å². The first-order valence-electron chi connectivity index (χ1n) is 10.3. The van der Waals surface area contributed by atoms with Crippen LogP contribution >= 0.6 is 11.6 Å². The van der Waals surface area contributed by atoms with Crippen LogP contribution in [0, 0.1) is 5.82 Å². The number of fused-ring (bicyclic) bond motifs is 3. The summed E-state index contributed by atoms with van der Waals surface area (Å²) < 4.78 is 43.6. The summed E-state index contributed by atoms with van der Waals surface area (Å²) in [7, 11) is 0. The second kappa shape index (κ2) is 8.36. The molecule has 3 heterocycles. The number of nitrogens with zero attached hydrogens (tertiary/aromatic N) is 3. The van der Waals surface area contributed by atoms with Gasteiger partial charge in [0.1, 0.15) is 5.56 Å². The Morgan fingerprint density at radius 3 is 2.79 bits per heavy atom.